The van der Waals surface area contributed by atoms with Gasteiger partial charge in [0.15, 0.2) is 0 Å². The molecule has 0 aromatic heterocycles. The van der Waals surface area contributed by atoms with Crippen LogP contribution in [0.2, 0.25) is 0 Å². The number of benzene rings is 1. The lowest BCUT2D eigenvalue weighted by molar-refractivity contribution is 0.401. The fraction of sp³-hybridized carbons (Fsp3) is 0.625. The van der Waals surface area contributed by atoms with Gasteiger partial charge in [0.05, 0.1) is 7.11 Å². The zero-order valence-electron chi connectivity index (χ0n) is 12.0. The minimum Gasteiger partial charge on any atom is -0.496 e. The molecular formula is C16H25NO. The van der Waals surface area contributed by atoms with Crippen molar-refractivity contribution in [1.82, 2.24) is 0 Å². The smallest absolute Gasteiger partial charge is 0.122 e. The minimum absolute atomic E-state index is 0.0354. The summed E-state index contributed by atoms with van der Waals surface area (Å²) in [7, 11) is 1.73. The highest BCUT2D eigenvalue weighted by atomic mass is 16.5. The van der Waals surface area contributed by atoms with E-state index in [1.54, 1.807) is 7.11 Å². The van der Waals surface area contributed by atoms with Crippen LogP contribution in [0.25, 0.3) is 0 Å². The lowest BCUT2D eigenvalue weighted by atomic mass is 9.87. The highest BCUT2D eigenvalue weighted by Gasteiger charge is 2.38. The first-order chi connectivity index (χ1) is 8.31. The molecule has 2 rings (SSSR count). The second-order valence-electron chi connectivity index (χ2n) is 6.92. The molecule has 1 aliphatic rings. The van der Waals surface area contributed by atoms with Gasteiger partial charge in [-0.1, -0.05) is 32.9 Å². The number of rotatable bonds is 4. The van der Waals surface area contributed by atoms with Gasteiger partial charge in [-0.05, 0) is 48.3 Å². The van der Waals surface area contributed by atoms with E-state index in [0.29, 0.717) is 5.41 Å². The van der Waals surface area contributed by atoms with E-state index < -0.39 is 0 Å². The average Bonchev–Trinajstić information content (AvgIpc) is 2.94. The molecule has 0 aliphatic heterocycles. The summed E-state index contributed by atoms with van der Waals surface area (Å²) in [5.41, 5.74) is 9.21. The third kappa shape index (κ3) is 3.49. The molecule has 1 fully saturated rings. The molecule has 1 aliphatic carbocycles. The Balaban J connectivity index is 2.21. The van der Waals surface area contributed by atoms with Gasteiger partial charge >= 0.3 is 0 Å². The molecule has 0 bridgehead atoms. The molecule has 0 radical (unpaired) electrons. The van der Waals surface area contributed by atoms with Gasteiger partial charge in [-0.2, -0.15) is 0 Å². The van der Waals surface area contributed by atoms with Crippen molar-refractivity contribution in [2.75, 3.05) is 7.11 Å². The molecule has 0 unspecified atom stereocenters. The largest absolute Gasteiger partial charge is 0.496 e. The number of hydrogen-bond acceptors (Lipinski definition) is 2. The van der Waals surface area contributed by atoms with Crippen molar-refractivity contribution in [1.29, 1.82) is 0 Å². The average molecular weight is 247 g/mol. The zero-order valence-corrected chi connectivity index (χ0v) is 12.0. The first kappa shape index (κ1) is 13.4. The Labute approximate surface area is 111 Å². The maximum absolute atomic E-state index is 6.22. The van der Waals surface area contributed by atoms with Crippen molar-refractivity contribution in [3.05, 3.63) is 29.3 Å². The Bertz CT molecular complexity index is 427. The topological polar surface area (TPSA) is 35.2 Å². The molecule has 1 saturated carbocycles. The third-order valence-electron chi connectivity index (χ3n) is 3.51. The molecule has 2 N–H and O–H groups in total. The molecule has 0 atom stereocenters. The summed E-state index contributed by atoms with van der Waals surface area (Å²) in [6, 6.07) is 6.53. The van der Waals surface area contributed by atoms with E-state index in [4.69, 9.17) is 10.5 Å². The quantitative estimate of drug-likeness (QED) is 0.886. The maximum atomic E-state index is 6.22. The Morgan fingerprint density at radius 2 is 1.94 bits per heavy atom. The van der Waals surface area contributed by atoms with Crippen molar-refractivity contribution in [2.45, 2.75) is 52.0 Å². The van der Waals surface area contributed by atoms with Crippen molar-refractivity contribution in [3.8, 4) is 5.75 Å². The number of hydrogen-bond donors (Lipinski definition) is 1. The number of ether oxygens (including phenoxy) is 1. The summed E-state index contributed by atoms with van der Waals surface area (Å²) >= 11 is 0. The number of methoxy groups -OCH3 is 1. The Kier molecular flexibility index (Phi) is 3.41. The van der Waals surface area contributed by atoms with Gasteiger partial charge in [0.2, 0.25) is 0 Å². The second kappa shape index (κ2) is 4.58. The van der Waals surface area contributed by atoms with Crippen molar-refractivity contribution >= 4 is 0 Å². The number of nitrogens with two attached hydrogens (primary N) is 1. The molecule has 100 valence electrons. The Morgan fingerprint density at radius 1 is 1.28 bits per heavy atom. The lowest BCUT2D eigenvalue weighted by Crippen LogP contribution is -2.24. The standard InChI is InChI=1S/C16H25NO/c1-15(2,3)10-12-5-6-14(18-4)13(9-12)11-16(17)7-8-16/h5-6,9H,7-8,10-11,17H2,1-4H3. The molecular weight excluding hydrogens is 222 g/mol. The molecule has 18 heavy (non-hydrogen) atoms. The van der Waals surface area contributed by atoms with E-state index in [1.807, 2.05) is 0 Å². The highest BCUT2D eigenvalue weighted by molar-refractivity contribution is 5.39. The molecule has 0 saturated heterocycles. The summed E-state index contributed by atoms with van der Waals surface area (Å²) in [6.07, 6.45) is 4.30. The molecule has 2 heteroatoms. The Morgan fingerprint density at radius 3 is 2.44 bits per heavy atom. The van der Waals surface area contributed by atoms with Crippen LogP contribution in [0.1, 0.15) is 44.7 Å². The first-order valence-electron chi connectivity index (χ1n) is 6.76. The molecule has 0 spiro atoms. The first-order valence-corrected chi connectivity index (χ1v) is 6.76. The van der Waals surface area contributed by atoms with E-state index in [2.05, 4.69) is 39.0 Å². The van der Waals surface area contributed by atoms with Crippen LogP contribution in [0.15, 0.2) is 18.2 Å². The van der Waals surface area contributed by atoms with Crippen LogP contribution < -0.4 is 10.5 Å². The summed E-state index contributed by atoms with van der Waals surface area (Å²) in [5, 5.41) is 0. The molecule has 1 aromatic rings. The fourth-order valence-corrected chi connectivity index (χ4v) is 2.41. The van der Waals surface area contributed by atoms with Gasteiger partial charge in [-0.3, -0.25) is 0 Å². The van der Waals surface area contributed by atoms with Gasteiger partial charge in [-0.15, -0.1) is 0 Å². The van der Waals surface area contributed by atoms with E-state index in [-0.39, 0.29) is 5.54 Å². The van der Waals surface area contributed by atoms with Crippen LogP contribution >= 0.6 is 0 Å². The van der Waals surface area contributed by atoms with Crippen LogP contribution in [0, 0.1) is 5.41 Å². The van der Waals surface area contributed by atoms with E-state index in [0.717, 1.165) is 31.4 Å². The Hall–Kier alpha value is -1.02. The lowest BCUT2D eigenvalue weighted by Gasteiger charge is -2.20. The SMILES string of the molecule is COc1ccc(CC(C)(C)C)cc1CC1(N)CC1. The van der Waals surface area contributed by atoms with Crippen LogP contribution in [-0.2, 0) is 12.8 Å². The van der Waals surface area contributed by atoms with Crippen LogP contribution in [0.4, 0.5) is 0 Å². The van der Waals surface area contributed by atoms with E-state index in [9.17, 15) is 0 Å². The minimum atomic E-state index is 0.0354. The summed E-state index contributed by atoms with van der Waals surface area (Å²) in [6.45, 7) is 6.80. The highest BCUT2D eigenvalue weighted by Crippen LogP contribution is 2.38. The molecule has 2 nitrogen and oxygen atoms in total. The van der Waals surface area contributed by atoms with Crippen molar-refractivity contribution in [2.24, 2.45) is 11.1 Å². The maximum Gasteiger partial charge on any atom is 0.122 e. The van der Waals surface area contributed by atoms with Gasteiger partial charge in [0.1, 0.15) is 5.75 Å². The van der Waals surface area contributed by atoms with Gasteiger partial charge in [0, 0.05) is 5.54 Å². The van der Waals surface area contributed by atoms with Gasteiger partial charge < -0.3 is 10.5 Å². The van der Waals surface area contributed by atoms with Crippen molar-refractivity contribution < 1.29 is 4.74 Å². The molecule has 0 heterocycles. The normalized spacial score (nSPS) is 17.6. The summed E-state index contributed by atoms with van der Waals surface area (Å²) in [4.78, 5) is 0. The fourth-order valence-electron chi connectivity index (χ4n) is 2.41. The van der Waals surface area contributed by atoms with Crippen LogP contribution in [0.5, 0.6) is 5.75 Å². The molecule has 1 aromatic carbocycles. The van der Waals surface area contributed by atoms with Crippen LogP contribution in [-0.4, -0.2) is 12.6 Å². The van der Waals surface area contributed by atoms with Crippen molar-refractivity contribution in [3.63, 3.8) is 0 Å². The zero-order chi connectivity index (χ0) is 13.4. The van der Waals surface area contributed by atoms with E-state index >= 15 is 0 Å². The summed E-state index contributed by atoms with van der Waals surface area (Å²) < 4.78 is 5.45. The summed E-state index contributed by atoms with van der Waals surface area (Å²) in [5.74, 6) is 0.976. The van der Waals surface area contributed by atoms with Gasteiger partial charge in [0.25, 0.3) is 0 Å². The van der Waals surface area contributed by atoms with Gasteiger partial charge in [-0.25, -0.2) is 0 Å². The predicted octanol–water partition coefficient (Wildman–Crippen LogP) is 3.32. The monoisotopic (exact) mass is 247 g/mol. The van der Waals surface area contributed by atoms with Crippen LogP contribution in [0.3, 0.4) is 0 Å². The third-order valence-corrected chi connectivity index (χ3v) is 3.51. The van der Waals surface area contributed by atoms with E-state index in [1.165, 1.54) is 11.1 Å². The second-order valence-corrected chi connectivity index (χ2v) is 6.92. The predicted molar refractivity (Wildman–Crippen MR) is 76.0 cm³/mol. The molecule has 0 amide bonds.